The maximum absolute atomic E-state index is 13.3. The minimum atomic E-state index is -0.565. The highest BCUT2D eigenvalue weighted by atomic mass is 16.2. The Morgan fingerprint density at radius 3 is 2.53 bits per heavy atom. The highest BCUT2D eigenvalue weighted by Crippen LogP contribution is 2.19. The number of rotatable bonds is 6. The van der Waals surface area contributed by atoms with E-state index in [4.69, 9.17) is 0 Å². The standard InChI is InChI=1S/C26H28N6O4/c1-30-24(35)20-13-12-18(23(34)28-19-10-6-3-7-11-19)14-21(20)32-25(30)29-31(26(32)36)16-22(33)27-15-17-8-4-2-5-9-17/h2,4-5,8-9,12-14,19H,3,6-7,10-11,15-16H2,1H3,(H,27,33)(H,28,34). The van der Waals surface area contributed by atoms with Crippen LogP contribution in [0.3, 0.4) is 0 Å². The van der Waals surface area contributed by atoms with Crippen LogP contribution in [0.25, 0.3) is 16.7 Å². The van der Waals surface area contributed by atoms with Crippen molar-refractivity contribution in [3.63, 3.8) is 0 Å². The number of aryl methyl sites for hydroxylation is 1. The van der Waals surface area contributed by atoms with Crippen LogP contribution in [0.5, 0.6) is 0 Å². The zero-order valence-electron chi connectivity index (χ0n) is 20.1. The second kappa shape index (κ2) is 9.80. The molecule has 2 heterocycles. The molecule has 1 saturated carbocycles. The topological polar surface area (TPSA) is 120 Å². The Morgan fingerprint density at radius 1 is 1.03 bits per heavy atom. The van der Waals surface area contributed by atoms with E-state index in [0.29, 0.717) is 12.1 Å². The molecule has 1 aliphatic rings. The molecule has 2 aromatic heterocycles. The Labute approximate surface area is 206 Å². The van der Waals surface area contributed by atoms with Crippen LogP contribution < -0.4 is 21.9 Å². The largest absolute Gasteiger partial charge is 0.352 e. The maximum Gasteiger partial charge on any atom is 0.352 e. The van der Waals surface area contributed by atoms with Crippen LogP contribution in [0.1, 0.15) is 48.0 Å². The number of aromatic nitrogens is 4. The molecule has 0 spiro atoms. The average molecular weight is 489 g/mol. The molecule has 0 radical (unpaired) electrons. The van der Waals surface area contributed by atoms with E-state index in [-0.39, 0.29) is 46.6 Å². The number of benzene rings is 2. The molecule has 1 aliphatic carbocycles. The van der Waals surface area contributed by atoms with Crippen molar-refractivity contribution in [1.29, 1.82) is 0 Å². The molecular formula is C26H28N6O4. The molecule has 186 valence electrons. The lowest BCUT2D eigenvalue weighted by Gasteiger charge is -2.22. The molecule has 36 heavy (non-hydrogen) atoms. The summed E-state index contributed by atoms with van der Waals surface area (Å²) in [6.07, 6.45) is 5.26. The van der Waals surface area contributed by atoms with Gasteiger partial charge in [-0.3, -0.25) is 19.0 Å². The molecule has 10 nitrogen and oxygen atoms in total. The fourth-order valence-electron chi connectivity index (χ4n) is 4.74. The predicted octanol–water partition coefficient (Wildman–Crippen LogP) is 1.73. The van der Waals surface area contributed by atoms with Crippen molar-refractivity contribution in [3.05, 3.63) is 80.5 Å². The lowest BCUT2D eigenvalue weighted by Crippen LogP contribution is -2.36. The van der Waals surface area contributed by atoms with Crippen LogP contribution in [0, 0.1) is 0 Å². The van der Waals surface area contributed by atoms with Gasteiger partial charge < -0.3 is 10.6 Å². The molecule has 4 aromatic rings. The van der Waals surface area contributed by atoms with Crippen molar-refractivity contribution in [2.45, 2.75) is 51.2 Å². The Balaban J connectivity index is 1.47. The van der Waals surface area contributed by atoms with Crippen LogP contribution in [0.15, 0.2) is 58.1 Å². The monoisotopic (exact) mass is 488 g/mol. The molecule has 0 bridgehead atoms. The second-order valence-corrected chi connectivity index (χ2v) is 9.24. The summed E-state index contributed by atoms with van der Waals surface area (Å²) >= 11 is 0. The molecule has 2 aromatic carbocycles. The second-order valence-electron chi connectivity index (χ2n) is 9.24. The first kappa shape index (κ1) is 23.5. The van der Waals surface area contributed by atoms with E-state index in [2.05, 4.69) is 15.7 Å². The number of nitrogens with zero attached hydrogens (tertiary/aromatic N) is 4. The molecule has 10 heteroatoms. The third-order valence-corrected chi connectivity index (χ3v) is 6.72. The fourth-order valence-corrected chi connectivity index (χ4v) is 4.74. The molecule has 5 rings (SSSR count). The van der Waals surface area contributed by atoms with Gasteiger partial charge in [0, 0.05) is 25.2 Å². The van der Waals surface area contributed by atoms with Crippen LogP contribution in [0.2, 0.25) is 0 Å². The van der Waals surface area contributed by atoms with Gasteiger partial charge in [0.1, 0.15) is 6.54 Å². The van der Waals surface area contributed by atoms with E-state index in [9.17, 15) is 19.2 Å². The molecular weight excluding hydrogens is 460 g/mol. The first-order valence-electron chi connectivity index (χ1n) is 12.2. The zero-order valence-corrected chi connectivity index (χ0v) is 20.1. The minimum absolute atomic E-state index is 0.0956. The maximum atomic E-state index is 13.3. The van der Waals surface area contributed by atoms with Crippen molar-refractivity contribution in [2.24, 2.45) is 7.05 Å². The quantitative estimate of drug-likeness (QED) is 0.428. The Morgan fingerprint density at radius 2 is 1.78 bits per heavy atom. The van der Waals surface area contributed by atoms with Crippen molar-refractivity contribution in [1.82, 2.24) is 29.4 Å². The summed E-state index contributed by atoms with van der Waals surface area (Å²) in [4.78, 5) is 51.7. The van der Waals surface area contributed by atoms with Gasteiger partial charge in [-0.15, -0.1) is 5.10 Å². The summed E-state index contributed by atoms with van der Waals surface area (Å²) in [7, 11) is 1.52. The minimum Gasteiger partial charge on any atom is -0.350 e. The average Bonchev–Trinajstić information content (AvgIpc) is 3.22. The number of fused-ring (bicyclic) bond motifs is 3. The molecule has 0 saturated heterocycles. The van der Waals surface area contributed by atoms with Gasteiger partial charge in [-0.25, -0.2) is 13.9 Å². The van der Waals surface area contributed by atoms with Crippen LogP contribution in [-0.2, 0) is 24.9 Å². The van der Waals surface area contributed by atoms with Gasteiger partial charge in [-0.2, -0.15) is 0 Å². The van der Waals surface area contributed by atoms with E-state index >= 15 is 0 Å². The number of nitrogens with one attached hydrogen (secondary N) is 2. The molecule has 1 fully saturated rings. The van der Waals surface area contributed by atoms with E-state index in [1.54, 1.807) is 18.2 Å². The van der Waals surface area contributed by atoms with E-state index < -0.39 is 5.69 Å². The van der Waals surface area contributed by atoms with Crippen LogP contribution in [-0.4, -0.2) is 36.6 Å². The Hall–Kier alpha value is -4.21. The number of carbonyl (C=O) groups is 2. The van der Waals surface area contributed by atoms with Gasteiger partial charge in [0.2, 0.25) is 11.7 Å². The van der Waals surface area contributed by atoms with Crippen molar-refractivity contribution in [2.75, 3.05) is 0 Å². The first-order chi connectivity index (χ1) is 17.4. The van der Waals surface area contributed by atoms with Gasteiger partial charge >= 0.3 is 5.69 Å². The number of hydrogen-bond acceptors (Lipinski definition) is 5. The lowest BCUT2D eigenvalue weighted by molar-refractivity contribution is -0.122. The molecule has 0 unspecified atom stereocenters. The van der Waals surface area contributed by atoms with Gasteiger partial charge in [-0.1, -0.05) is 49.6 Å². The zero-order chi connectivity index (χ0) is 25.2. The first-order valence-corrected chi connectivity index (χ1v) is 12.2. The summed E-state index contributed by atoms with van der Waals surface area (Å²) in [6, 6.07) is 14.3. The van der Waals surface area contributed by atoms with Crippen LogP contribution in [0.4, 0.5) is 0 Å². The van der Waals surface area contributed by atoms with E-state index in [0.717, 1.165) is 35.9 Å². The lowest BCUT2D eigenvalue weighted by atomic mass is 9.95. The normalized spacial score (nSPS) is 14.2. The van der Waals surface area contributed by atoms with E-state index in [1.807, 2.05) is 30.3 Å². The summed E-state index contributed by atoms with van der Waals surface area (Å²) < 4.78 is 3.58. The SMILES string of the molecule is Cn1c(=O)c2ccc(C(=O)NC3CCCCC3)cc2n2c(=O)n(CC(=O)NCc3ccccc3)nc12. The van der Waals surface area contributed by atoms with Crippen molar-refractivity contribution in [3.8, 4) is 0 Å². The number of amides is 2. The summed E-state index contributed by atoms with van der Waals surface area (Å²) in [5.41, 5.74) is 0.668. The fraction of sp³-hybridized carbons (Fsp3) is 0.346. The van der Waals surface area contributed by atoms with Crippen molar-refractivity contribution < 1.29 is 9.59 Å². The number of hydrogen-bond donors (Lipinski definition) is 2. The van der Waals surface area contributed by atoms with Gasteiger partial charge in [-0.05, 0) is 36.6 Å². The third kappa shape index (κ3) is 4.53. The summed E-state index contributed by atoms with van der Waals surface area (Å²) in [5.74, 6) is -0.525. The molecule has 0 atom stereocenters. The third-order valence-electron chi connectivity index (χ3n) is 6.72. The van der Waals surface area contributed by atoms with Gasteiger partial charge in [0.15, 0.2) is 0 Å². The Kier molecular flexibility index (Phi) is 6.41. The smallest absolute Gasteiger partial charge is 0.350 e. The van der Waals surface area contributed by atoms with E-state index in [1.165, 1.54) is 22.4 Å². The Bertz CT molecular complexity index is 1560. The van der Waals surface area contributed by atoms with Crippen LogP contribution >= 0.6 is 0 Å². The highest BCUT2D eigenvalue weighted by molar-refractivity contribution is 5.98. The molecule has 2 amide bonds. The summed E-state index contributed by atoms with van der Waals surface area (Å²) in [5, 5.41) is 10.4. The van der Waals surface area contributed by atoms with Gasteiger partial charge in [0.25, 0.3) is 11.5 Å². The summed E-state index contributed by atoms with van der Waals surface area (Å²) in [6.45, 7) is 0.0214. The molecule has 0 aliphatic heterocycles. The van der Waals surface area contributed by atoms with Gasteiger partial charge in [0.05, 0.1) is 10.9 Å². The highest BCUT2D eigenvalue weighted by Gasteiger charge is 2.20. The molecule has 2 N–H and O–H groups in total. The van der Waals surface area contributed by atoms with Crippen molar-refractivity contribution >= 4 is 28.5 Å². The number of carbonyl (C=O) groups excluding carboxylic acids is 2. The predicted molar refractivity (Wildman–Crippen MR) is 135 cm³/mol.